The van der Waals surface area contributed by atoms with Crippen LogP contribution in [0.5, 0.6) is 0 Å². The number of aliphatic imine (C=N–C) groups is 1. The lowest BCUT2D eigenvalue weighted by Gasteiger charge is -2.08. The second-order valence-corrected chi connectivity index (χ2v) is 5.90. The number of nitrogens with zero attached hydrogens (tertiary/aromatic N) is 1. The van der Waals surface area contributed by atoms with Crippen LogP contribution in [-0.2, 0) is 6.54 Å². The van der Waals surface area contributed by atoms with Gasteiger partial charge in [-0.1, -0.05) is 22.0 Å². The van der Waals surface area contributed by atoms with Crippen LogP contribution in [0.3, 0.4) is 0 Å². The van der Waals surface area contributed by atoms with Gasteiger partial charge in [0.25, 0.3) is 0 Å². The summed E-state index contributed by atoms with van der Waals surface area (Å²) in [5.74, 6) is 0.01000. The molecule has 0 heterocycles. The van der Waals surface area contributed by atoms with Crippen LogP contribution in [0.1, 0.15) is 16.7 Å². The normalized spacial score (nSPS) is 11.5. The van der Waals surface area contributed by atoms with Crippen molar-refractivity contribution >= 4 is 27.6 Å². The zero-order valence-corrected chi connectivity index (χ0v) is 13.5. The molecule has 0 aromatic heterocycles. The molecule has 0 saturated carbocycles. The van der Waals surface area contributed by atoms with Crippen LogP contribution in [0.4, 0.5) is 10.1 Å². The lowest BCUT2D eigenvalue weighted by Crippen LogP contribution is -2.22. The molecule has 0 aliphatic rings. The van der Waals surface area contributed by atoms with Crippen molar-refractivity contribution in [1.82, 2.24) is 0 Å². The van der Waals surface area contributed by atoms with Crippen molar-refractivity contribution in [3.05, 3.63) is 63.4 Å². The SMILES string of the molecule is Cc1cc(C)cc(NC(N)=NCc2cc(F)cc(Br)c2)c1. The van der Waals surface area contributed by atoms with Crippen LogP contribution in [0, 0.1) is 19.7 Å². The lowest BCUT2D eigenvalue weighted by atomic mass is 10.1. The van der Waals surface area contributed by atoms with E-state index in [9.17, 15) is 4.39 Å². The fourth-order valence-corrected chi connectivity index (χ4v) is 2.63. The van der Waals surface area contributed by atoms with Gasteiger partial charge in [0.2, 0.25) is 0 Å². The van der Waals surface area contributed by atoms with E-state index in [4.69, 9.17) is 5.73 Å². The van der Waals surface area contributed by atoms with Gasteiger partial charge >= 0.3 is 0 Å². The second kappa shape index (κ2) is 6.72. The Kier molecular flexibility index (Phi) is 4.96. The largest absolute Gasteiger partial charge is 0.370 e. The summed E-state index contributed by atoms with van der Waals surface area (Å²) in [5.41, 5.74) is 9.82. The van der Waals surface area contributed by atoms with Gasteiger partial charge in [-0.15, -0.1) is 0 Å². The number of hydrogen-bond acceptors (Lipinski definition) is 1. The van der Waals surface area contributed by atoms with Gasteiger partial charge in [0.15, 0.2) is 5.96 Å². The molecule has 0 aliphatic carbocycles. The standard InChI is InChI=1S/C16H17BrFN3/c1-10-3-11(2)5-15(4-10)21-16(19)20-9-12-6-13(17)8-14(18)7-12/h3-8H,9H2,1-2H3,(H3,19,20,21). The molecule has 2 aromatic carbocycles. The van der Waals surface area contributed by atoms with Crippen molar-refractivity contribution in [2.45, 2.75) is 20.4 Å². The van der Waals surface area contributed by atoms with E-state index in [1.807, 2.05) is 32.0 Å². The molecule has 3 N–H and O–H groups in total. The number of hydrogen-bond donors (Lipinski definition) is 2. The van der Waals surface area contributed by atoms with Crippen LogP contribution in [0.2, 0.25) is 0 Å². The average Bonchev–Trinajstić information content (AvgIpc) is 2.34. The van der Waals surface area contributed by atoms with E-state index in [-0.39, 0.29) is 5.82 Å². The summed E-state index contributed by atoms with van der Waals surface area (Å²) in [6.45, 7) is 4.37. The van der Waals surface area contributed by atoms with Crippen molar-refractivity contribution in [2.75, 3.05) is 5.32 Å². The van der Waals surface area contributed by atoms with Gasteiger partial charge in [0.1, 0.15) is 5.82 Å². The molecule has 2 rings (SSSR count). The predicted molar refractivity (Wildman–Crippen MR) is 89.0 cm³/mol. The highest BCUT2D eigenvalue weighted by molar-refractivity contribution is 9.10. The Labute approximate surface area is 132 Å². The molecule has 0 aliphatic heterocycles. The predicted octanol–water partition coefficient (Wildman–Crippen LogP) is 4.13. The van der Waals surface area contributed by atoms with E-state index in [1.165, 1.54) is 12.1 Å². The van der Waals surface area contributed by atoms with Crippen molar-refractivity contribution in [2.24, 2.45) is 10.7 Å². The third-order valence-corrected chi connectivity index (χ3v) is 3.31. The third-order valence-electron chi connectivity index (χ3n) is 2.85. The van der Waals surface area contributed by atoms with Crippen LogP contribution < -0.4 is 11.1 Å². The van der Waals surface area contributed by atoms with Crippen molar-refractivity contribution < 1.29 is 4.39 Å². The molecule has 0 bridgehead atoms. The molecule has 0 atom stereocenters. The van der Waals surface area contributed by atoms with E-state index in [0.29, 0.717) is 17.0 Å². The number of aryl methyl sites for hydroxylation is 2. The molecule has 0 saturated heterocycles. The number of benzene rings is 2. The number of halogens is 2. The Balaban J connectivity index is 2.07. The number of guanidine groups is 1. The highest BCUT2D eigenvalue weighted by atomic mass is 79.9. The highest BCUT2D eigenvalue weighted by Gasteiger charge is 2.00. The van der Waals surface area contributed by atoms with E-state index < -0.39 is 0 Å². The Bertz CT molecular complexity index is 643. The first-order valence-electron chi connectivity index (χ1n) is 6.52. The summed E-state index contributed by atoms with van der Waals surface area (Å²) in [4.78, 5) is 4.23. The quantitative estimate of drug-likeness (QED) is 0.646. The maximum atomic E-state index is 13.3. The Morgan fingerprint density at radius 2 is 1.81 bits per heavy atom. The van der Waals surface area contributed by atoms with Crippen LogP contribution in [-0.4, -0.2) is 5.96 Å². The number of anilines is 1. The zero-order chi connectivity index (χ0) is 15.4. The van der Waals surface area contributed by atoms with Gasteiger partial charge in [-0.05, 0) is 60.9 Å². The van der Waals surface area contributed by atoms with Gasteiger partial charge < -0.3 is 11.1 Å². The zero-order valence-electron chi connectivity index (χ0n) is 12.0. The van der Waals surface area contributed by atoms with Crippen molar-refractivity contribution in [1.29, 1.82) is 0 Å². The van der Waals surface area contributed by atoms with E-state index in [2.05, 4.69) is 32.3 Å². The number of nitrogens with one attached hydrogen (secondary N) is 1. The summed E-state index contributed by atoms with van der Waals surface area (Å²) in [6, 6.07) is 10.7. The van der Waals surface area contributed by atoms with E-state index in [1.54, 1.807) is 0 Å². The summed E-state index contributed by atoms with van der Waals surface area (Å²) in [5, 5.41) is 3.05. The molecule has 3 nitrogen and oxygen atoms in total. The van der Waals surface area contributed by atoms with Gasteiger partial charge in [0.05, 0.1) is 6.54 Å². The minimum atomic E-state index is -0.296. The molecule has 0 radical (unpaired) electrons. The first-order chi connectivity index (χ1) is 9.92. The minimum Gasteiger partial charge on any atom is -0.370 e. The van der Waals surface area contributed by atoms with Gasteiger partial charge in [0, 0.05) is 10.2 Å². The Hall–Kier alpha value is -1.88. The summed E-state index contributed by atoms with van der Waals surface area (Å²) in [6.07, 6.45) is 0. The number of nitrogens with two attached hydrogens (primary N) is 1. The number of rotatable bonds is 3. The molecule has 21 heavy (non-hydrogen) atoms. The first-order valence-corrected chi connectivity index (χ1v) is 7.32. The molecule has 2 aromatic rings. The smallest absolute Gasteiger partial charge is 0.193 e. The van der Waals surface area contributed by atoms with Crippen molar-refractivity contribution in [3.63, 3.8) is 0 Å². The van der Waals surface area contributed by atoms with E-state index in [0.717, 1.165) is 22.4 Å². The fourth-order valence-electron chi connectivity index (χ4n) is 2.11. The fraction of sp³-hybridized carbons (Fsp3) is 0.188. The molecule has 0 amide bonds. The molecular formula is C16H17BrFN3. The van der Waals surface area contributed by atoms with Crippen LogP contribution >= 0.6 is 15.9 Å². The summed E-state index contributed by atoms with van der Waals surface area (Å²) >= 11 is 3.25. The first kappa shape index (κ1) is 15.5. The highest BCUT2D eigenvalue weighted by Crippen LogP contribution is 2.16. The van der Waals surface area contributed by atoms with Crippen LogP contribution in [0.25, 0.3) is 0 Å². The molecule has 110 valence electrons. The molecular weight excluding hydrogens is 333 g/mol. The lowest BCUT2D eigenvalue weighted by molar-refractivity contribution is 0.624. The Morgan fingerprint density at radius 3 is 2.43 bits per heavy atom. The third kappa shape index (κ3) is 4.86. The molecule has 0 unspecified atom stereocenters. The molecule has 5 heteroatoms. The van der Waals surface area contributed by atoms with Gasteiger partial charge in [-0.25, -0.2) is 9.38 Å². The summed E-state index contributed by atoms with van der Waals surface area (Å²) in [7, 11) is 0. The topological polar surface area (TPSA) is 50.4 Å². The second-order valence-electron chi connectivity index (χ2n) is 4.98. The average molecular weight is 350 g/mol. The maximum Gasteiger partial charge on any atom is 0.193 e. The molecule has 0 fully saturated rings. The van der Waals surface area contributed by atoms with Gasteiger partial charge in [-0.3, -0.25) is 0 Å². The minimum absolute atomic E-state index is 0.296. The monoisotopic (exact) mass is 349 g/mol. The van der Waals surface area contributed by atoms with Crippen LogP contribution in [0.15, 0.2) is 45.9 Å². The van der Waals surface area contributed by atoms with E-state index >= 15 is 0 Å². The Morgan fingerprint density at radius 1 is 1.14 bits per heavy atom. The molecule has 0 spiro atoms. The van der Waals surface area contributed by atoms with Gasteiger partial charge in [-0.2, -0.15) is 0 Å². The van der Waals surface area contributed by atoms with Crippen molar-refractivity contribution in [3.8, 4) is 0 Å². The maximum absolute atomic E-state index is 13.3. The summed E-state index contributed by atoms with van der Waals surface area (Å²) < 4.78 is 14.0.